The number of nitrogens with zero attached hydrogens (tertiary/aromatic N) is 3. The zero-order chi connectivity index (χ0) is 14.9. The van der Waals surface area contributed by atoms with Crippen LogP contribution in [0.5, 0.6) is 5.75 Å². The molecule has 0 atom stereocenters. The number of ketones is 1. The third kappa shape index (κ3) is 2.14. The number of carbonyl (C=O) groups is 1. The Morgan fingerprint density at radius 3 is 2.91 bits per heavy atom. The molecule has 1 aromatic heterocycles. The van der Waals surface area contributed by atoms with Gasteiger partial charge in [-0.1, -0.05) is 35.5 Å². The van der Waals surface area contributed by atoms with Crippen LogP contribution < -0.4 is 4.74 Å². The van der Waals surface area contributed by atoms with Gasteiger partial charge in [-0.25, -0.2) is 0 Å². The van der Waals surface area contributed by atoms with Crippen LogP contribution in [-0.4, -0.2) is 26.4 Å². The molecule has 1 N–H and O–H groups in total. The summed E-state index contributed by atoms with van der Waals surface area (Å²) in [6.45, 7) is 0.402. The predicted molar refractivity (Wildman–Crippen MR) is 77.6 cm³/mol. The molecule has 2 heterocycles. The maximum absolute atomic E-state index is 12.8. The topological polar surface area (TPSA) is 80.8 Å². The fraction of sp³-hybridized carbons (Fsp3) is 0.125. The molecule has 0 saturated carbocycles. The third-order valence-corrected chi connectivity index (χ3v) is 3.69. The maximum Gasteiger partial charge on any atom is 0.197 e. The van der Waals surface area contributed by atoms with Crippen LogP contribution in [0.2, 0.25) is 0 Å². The van der Waals surface area contributed by atoms with E-state index >= 15 is 0 Å². The van der Waals surface area contributed by atoms with Gasteiger partial charge in [0.1, 0.15) is 12.4 Å². The Balaban J connectivity index is 1.75. The minimum atomic E-state index is -0.0157. The number of benzene rings is 2. The second-order valence-corrected chi connectivity index (χ2v) is 5.11. The van der Waals surface area contributed by atoms with E-state index in [0.717, 1.165) is 11.1 Å². The third-order valence-electron chi connectivity index (χ3n) is 3.69. The van der Waals surface area contributed by atoms with E-state index in [0.29, 0.717) is 35.7 Å². The zero-order valence-electron chi connectivity index (χ0n) is 11.6. The van der Waals surface area contributed by atoms with Crippen LogP contribution in [0.15, 0.2) is 42.5 Å². The first kappa shape index (κ1) is 12.7. The van der Waals surface area contributed by atoms with Crippen molar-refractivity contribution in [2.45, 2.75) is 13.0 Å². The molecule has 0 unspecified atom stereocenters. The first-order valence-electron chi connectivity index (χ1n) is 6.92. The lowest BCUT2D eigenvalue weighted by Crippen LogP contribution is -2.03. The molecule has 1 aliphatic rings. The van der Waals surface area contributed by atoms with Crippen molar-refractivity contribution in [2.24, 2.45) is 0 Å². The highest BCUT2D eigenvalue weighted by atomic mass is 16.5. The van der Waals surface area contributed by atoms with Gasteiger partial charge in [0.2, 0.25) is 0 Å². The van der Waals surface area contributed by atoms with Crippen molar-refractivity contribution < 1.29 is 9.53 Å². The first-order chi connectivity index (χ1) is 10.8. The van der Waals surface area contributed by atoms with E-state index < -0.39 is 0 Å². The van der Waals surface area contributed by atoms with E-state index in [1.54, 1.807) is 0 Å². The number of rotatable bonds is 2. The van der Waals surface area contributed by atoms with Crippen LogP contribution in [-0.2, 0) is 13.0 Å². The molecule has 2 aromatic carbocycles. The van der Waals surface area contributed by atoms with Crippen LogP contribution in [0.1, 0.15) is 32.9 Å². The quantitative estimate of drug-likeness (QED) is 0.780. The molecule has 0 radical (unpaired) electrons. The second-order valence-electron chi connectivity index (χ2n) is 5.11. The van der Waals surface area contributed by atoms with Crippen LogP contribution in [0, 0.1) is 0 Å². The van der Waals surface area contributed by atoms with Gasteiger partial charge >= 0.3 is 0 Å². The summed E-state index contributed by atoms with van der Waals surface area (Å²) in [6.07, 6.45) is 0.513. The Labute approximate surface area is 126 Å². The number of ether oxygens (including phenoxy) is 1. The highest BCUT2D eigenvalue weighted by Gasteiger charge is 2.22. The lowest BCUT2D eigenvalue weighted by atomic mass is 9.97. The summed E-state index contributed by atoms with van der Waals surface area (Å²) < 4.78 is 5.76. The fourth-order valence-corrected chi connectivity index (χ4v) is 2.60. The Morgan fingerprint density at radius 1 is 1.14 bits per heavy atom. The van der Waals surface area contributed by atoms with Gasteiger partial charge in [-0.3, -0.25) is 4.79 Å². The zero-order valence-corrected chi connectivity index (χ0v) is 11.6. The number of hydrogen-bond donors (Lipinski definition) is 1. The van der Waals surface area contributed by atoms with Crippen molar-refractivity contribution >= 4 is 5.78 Å². The average molecular weight is 292 g/mol. The van der Waals surface area contributed by atoms with Gasteiger partial charge in [0.05, 0.1) is 5.56 Å². The molecule has 4 rings (SSSR count). The van der Waals surface area contributed by atoms with Gasteiger partial charge in [-0.05, 0) is 17.7 Å². The Morgan fingerprint density at radius 2 is 2.05 bits per heavy atom. The Kier molecular flexibility index (Phi) is 2.93. The van der Waals surface area contributed by atoms with E-state index in [-0.39, 0.29) is 5.78 Å². The molecular weight excluding hydrogens is 280 g/mol. The predicted octanol–water partition coefficient (Wildman–Crippen LogP) is 1.91. The molecule has 0 saturated heterocycles. The number of aromatic nitrogens is 4. The Bertz CT molecular complexity index is 843. The van der Waals surface area contributed by atoms with E-state index in [4.69, 9.17) is 4.74 Å². The van der Waals surface area contributed by atoms with Crippen molar-refractivity contribution in [1.82, 2.24) is 20.6 Å². The van der Waals surface area contributed by atoms with Gasteiger partial charge in [0.25, 0.3) is 0 Å². The molecule has 0 spiro atoms. The SMILES string of the molecule is O=C1c2ccccc2COc2ccc(Cc3nn[nH]n3)cc21. The molecule has 108 valence electrons. The van der Waals surface area contributed by atoms with Crippen LogP contribution >= 0.6 is 0 Å². The minimum Gasteiger partial charge on any atom is -0.488 e. The molecular formula is C16H12N4O2. The van der Waals surface area contributed by atoms with Crippen molar-refractivity contribution in [1.29, 1.82) is 0 Å². The fourth-order valence-electron chi connectivity index (χ4n) is 2.60. The number of fused-ring (bicyclic) bond motifs is 2. The summed E-state index contributed by atoms with van der Waals surface area (Å²) in [4.78, 5) is 12.8. The smallest absolute Gasteiger partial charge is 0.197 e. The van der Waals surface area contributed by atoms with Gasteiger partial charge < -0.3 is 4.74 Å². The molecule has 0 aliphatic carbocycles. The van der Waals surface area contributed by atoms with E-state index in [9.17, 15) is 4.79 Å². The van der Waals surface area contributed by atoms with E-state index in [1.807, 2.05) is 42.5 Å². The number of carbonyl (C=O) groups excluding carboxylic acids is 1. The summed E-state index contributed by atoms with van der Waals surface area (Å²) in [5.74, 6) is 1.18. The van der Waals surface area contributed by atoms with Crippen molar-refractivity contribution in [3.8, 4) is 5.75 Å². The molecule has 0 fully saturated rings. The highest BCUT2D eigenvalue weighted by molar-refractivity contribution is 6.12. The molecule has 0 bridgehead atoms. The number of tetrazole rings is 1. The lowest BCUT2D eigenvalue weighted by molar-refractivity contribution is 0.103. The first-order valence-corrected chi connectivity index (χ1v) is 6.92. The molecule has 3 aromatic rings. The summed E-state index contributed by atoms with van der Waals surface area (Å²) >= 11 is 0. The number of hydrogen-bond acceptors (Lipinski definition) is 5. The van der Waals surface area contributed by atoms with Crippen molar-refractivity contribution in [2.75, 3.05) is 0 Å². The summed E-state index contributed by atoms with van der Waals surface area (Å²) in [5.41, 5.74) is 3.11. The summed E-state index contributed by atoms with van der Waals surface area (Å²) in [7, 11) is 0. The van der Waals surface area contributed by atoms with Crippen LogP contribution in [0.3, 0.4) is 0 Å². The molecule has 6 nitrogen and oxygen atoms in total. The molecule has 0 amide bonds. The van der Waals surface area contributed by atoms with Gasteiger partial charge in [0, 0.05) is 17.5 Å². The normalized spacial score (nSPS) is 13.0. The van der Waals surface area contributed by atoms with Crippen molar-refractivity contribution in [3.05, 3.63) is 70.5 Å². The highest BCUT2D eigenvalue weighted by Crippen LogP contribution is 2.29. The molecule has 22 heavy (non-hydrogen) atoms. The second kappa shape index (κ2) is 5.07. The largest absolute Gasteiger partial charge is 0.488 e. The van der Waals surface area contributed by atoms with Gasteiger partial charge in [-0.15, -0.1) is 10.2 Å². The van der Waals surface area contributed by atoms with Crippen LogP contribution in [0.25, 0.3) is 0 Å². The lowest BCUT2D eigenvalue weighted by Gasteiger charge is -2.07. The van der Waals surface area contributed by atoms with Gasteiger partial charge in [0.15, 0.2) is 11.6 Å². The number of H-pyrrole nitrogens is 1. The summed E-state index contributed by atoms with van der Waals surface area (Å²) in [5, 5.41) is 13.8. The molecule has 1 aliphatic heterocycles. The van der Waals surface area contributed by atoms with Gasteiger partial charge in [-0.2, -0.15) is 5.21 Å². The average Bonchev–Trinajstić information content (AvgIpc) is 3.01. The summed E-state index contributed by atoms with van der Waals surface area (Å²) in [6, 6.07) is 13.1. The van der Waals surface area contributed by atoms with E-state index in [2.05, 4.69) is 20.6 Å². The minimum absolute atomic E-state index is 0.0157. The monoisotopic (exact) mass is 292 g/mol. The Hall–Kier alpha value is -3.02. The standard InChI is InChI=1S/C16H12N4O2/c21-16-12-4-2-1-3-11(12)9-22-14-6-5-10(7-13(14)16)8-15-17-19-20-18-15/h1-7H,8-9H2,(H,17,18,19,20). The van der Waals surface area contributed by atoms with Crippen LogP contribution in [0.4, 0.5) is 0 Å². The number of aromatic amines is 1. The maximum atomic E-state index is 12.8. The van der Waals surface area contributed by atoms with Crippen molar-refractivity contribution in [3.63, 3.8) is 0 Å². The van der Waals surface area contributed by atoms with E-state index in [1.165, 1.54) is 0 Å². The number of nitrogens with one attached hydrogen (secondary N) is 1. The molecule has 6 heteroatoms.